The van der Waals surface area contributed by atoms with Crippen molar-refractivity contribution in [3.05, 3.63) is 23.5 Å². The lowest BCUT2D eigenvalue weighted by atomic mass is 9.77. The van der Waals surface area contributed by atoms with E-state index in [0.717, 1.165) is 18.5 Å². The number of ether oxygens (including phenoxy) is 1. The van der Waals surface area contributed by atoms with Crippen LogP contribution in [0.5, 0.6) is 0 Å². The number of aromatic nitrogens is 1. The molecule has 2 fully saturated rings. The van der Waals surface area contributed by atoms with E-state index < -0.39 is 24.3 Å². The Morgan fingerprint density at radius 3 is 2.29 bits per heavy atom. The zero-order valence-corrected chi connectivity index (χ0v) is 15.2. The number of hydrogen-bond donors (Lipinski definition) is 0. The van der Waals surface area contributed by atoms with Gasteiger partial charge in [0, 0.05) is 17.1 Å². The number of carbonyl (C=O) groups is 1. The molecule has 24 heavy (non-hydrogen) atoms. The topological polar surface area (TPSA) is 57.7 Å². The lowest BCUT2D eigenvalue weighted by Gasteiger charge is -2.32. The maximum absolute atomic E-state index is 12.3. The fourth-order valence-corrected chi connectivity index (χ4v) is 3.35. The summed E-state index contributed by atoms with van der Waals surface area (Å²) in [5.74, 6) is -0.0136. The molecule has 1 aliphatic carbocycles. The van der Waals surface area contributed by atoms with Crippen LogP contribution in [0.25, 0.3) is 0 Å². The Balaban J connectivity index is 1.97. The van der Waals surface area contributed by atoms with E-state index in [4.69, 9.17) is 14.0 Å². The van der Waals surface area contributed by atoms with Crippen molar-refractivity contribution in [2.75, 3.05) is 7.11 Å². The third-order valence-corrected chi connectivity index (χ3v) is 5.61. The van der Waals surface area contributed by atoms with Crippen molar-refractivity contribution in [1.82, 2.24) is 4.98 Å². The summed E-state index contributed by atoms with van der Waals surface area (Å²) in [7, 11) is 0.759. The molecule has 5 nitrogen and oxygen atoms in total. The number of rotatable bonds is 3. The van der Waals surface area contributed by atoms with Gasteiger partial charge in [-0.15, -0.1) is 0 Å². The standard InChI is InChI=1S/C18H26BNO4/c1-17(2)18(3,4)24-19(23-17)13-10-11-14(12-8-6-7-9-12)20-15(13)16(21)22-5/h10-12H,6-9H2,1-5H3. The molecule has 1 aromatic heterocycles. The van der Waals surface area contributed by atoms with Crippen LogP contribution in [0.15, 0.2) is 12.1 Å². The average Bonchev–Trinajstić information content (AvgIpc) is 3.13. The number of pyridine rings is 1. The molecule has 3 rings (SSSR count). The van der Waals surface area contributed by atoms with Gasteiger partial charge in [-0.25, -0.2) is 9.78 Å². The first kappa shape index (κ1) is 17.4. The summed E-state index contributed by atoms with van der Waals surface area (Å²) in [5.41, 5.74) is 0.987. The normalized spacial score (nSPS) is 22.8. The molecule has 2 aliphatic rings. The van der Waals surface area contributed by atoms with Crippen LogP contribution in [0, 0.1) is 0 Å². The van der Waals surface area contributed by atoms with Crippen molar-refractivity contribution in [1.29, 1.82) is 0 Å². The molecule has 0 N–H and O–H groups in total. The molecule has 1 aliphatic heterocycles. The van der Waals surface area contributed by atoms with Gasteiger partial charge in [-0.1, -0.05) is 18.9 Å². The van der Waals surface area contributed by atoms with Gasteiger partial charge in [-0.3, -0.25) is 0 Å². The van der Waals surface area contributed by atoms with Crippen molar-refractivity contribution in [3.63, 3.8) is 0 Å². The molecule has 0 radical (unpaired) electrons. The second-order valence-corrected chi connectivity index (χ2v) is 7.74. The van der Waals surface area contributed by atoms with E-state index in [2.05, 4.69) is 4.98 Å². The summed E-state index contributed by atoms with van der Waals surface area (Å²) in [6.45, 7) is 7.96. The summed E-state index contributed by atoms with van der Waals surface area (Å²) in [4.78, 5) is 16.9. The Hall–Kier alpha value is -1.40. The molecule has 1 saturated heterocycles. The molecule has 0 spiro atoms. The molecular formula is C18H26BNO4. The Kier molecular flexibility index (Phi) is 4.47. The van der Waals surface area contributed by atoms with Gasteiger partial charge in [0.15, 0.2) is 0 Å². The number of nitrogens with zero attached hydrogens (tertiary/aromatic N) is 1. The Labute approximate surface area is 144 Å². The van der Waals surface area contributed by atoms with Crippen LogP contribution in [0.2, 0.25) is 0 Å². The average molecular weight is 331 g/mol. The third-order valence-electron chi connectivity index (χ3n) is 5.61. The van der Waals surface area contributed by atoms with Gasteiger partial charge in [-0.2, -0.15) is 0 Å². The fourth-order valence-electron chi connectivity index (χ4n) is 3.35. The Morgan fingerprint density at radius 1 is 1.17 bits per heavy atom. The van der Waals surface area contributed by atoms with Crippen LogP contribution >= 0.6 is 0 Å². The molecule has 0 unspecified atom stereocenters. The third kappa shape index (κ3) is 2.97. The predicted octanol–water partition coefficient (Wildman–Crippen LogP) is 2.83. The maximum atomic E-state index is 12.3. The van der Waals surface area contributed by atoms with E-state index in [1.165, 1.54) is 20.0 Å². The van der Waals surface area contributed by atoms with Crippen molar-refractivity contribution in [3.8, 4) is 0 Å². The van der Waals surface area contributed by atoms with E-state index in [1.807, 2.05) is 39.8 Å². The summed E-state index contributed by atoms with van der Waals surface area (Å²) in [6, 6.07) is 3.91. The minimum atomic E-state index is -0.616. The van der Waals surface area contributed by atoms with E-state index in [0.29, 0.717) is 17.1 Å². The van der Waals surface area contributed by atoms with Gasteiger partial charge in [-0.05, 0) is 46.6 Å². The summed E-state index contributed by atoms with van der Waals surface area (Å²) in [6.07, 6.45) is 4.70. The Bertz CT molecular complexity index is 622. The molecule has 0 amide bonds. The molecule has 0 atom stereocenters. The number of carbonyl (C=O) groups excluding carboxylic acids is 1. The SMILES string of the molecule is COC(=O)c1nc(C2CCCC2)ccc1B1OC(C)(C)C(C)(C)O1. The van der Waals surface area contributed by atoms with Crippen LogP contribution in [0.3, 0.4) is 0 Å². The molecule has 0 bridgehead atoms. The van der Waals surface area contributed by atoms with Crippen molar-refractivity contribution in [2.24, 2.45) is 0 Å². The van der Waals surface area contributed by atoms with Crippen molar-refractivity contribution >= 4 is 18.6 Å². The summed E-state index contributed by atoms with van der Waals surface area (Å²) >= 11 is 0. The second kappa shape index (κ2) is 6.15. The summed E-state index contributed by atoms with van der Waals surface area (Å²) in [5, 5.41) is 0. The predicted molar refractivity (Wildman–Crippen MR) is 92.5 cm³/mol. The lowest BCUT2D eigenvalue weighted by Crippen LogP contribution is -2.41. The van der Waals surface area contributed by atoms with E-state index in [1.54, 1.807) is 0 Å². The first-order valence-electron chi connectivity index (χ1n) is 8.70. The molecule has 2 heterocycles. The van der Waals surface area contributed by atoms with Gasteiger partial charge < -0.3 is 14.0 Å². The number of methoxy groups -OCH3 is 1. The van der Waals surface area contributed by atoms with Gasteiger partial charge in [0.1, 0.15) is 5.69 Å². The van der Waals surface area contributed by atoms with Crippen LogP contribution in [-0.2, 0) is 14.0 Å². The minimum Gasteiger partial charge on any atom is -0.464 e. The highest BCUT2D eigenvalue weighted by atomic mass is 16.7. The molecule has 1 aromatic rings. The maximum Gasteiger partial charge on any atom is 0.497 e. The number of esters is 1. The highest BCUT2D eigenvalue weighted by Gasteiger charge is 2.52. The van der Waals surface area contributed by atoms with E-state index in [-0.39, 0.29) is 0 Å². The molecule has 1 saturated carbocycles. The van der Waals surface area contributed by atoms with Gasteiger partial charge in [0.2, 0.25) is 0 Å². The quantitative estimate of drug-likeness (QED) is 0.630. The molecule has 6 heteroatoms. The van der Waals surface area contributed by atoms with Crippen LogP contribution in [0.1, 0.15) is 75.5 Å². The van der Waals surface area contributed by atoms with Crippen LogP contribution in [0.4, 0.5) is 0 Å². The zero-order valence-electron chi connectivity index (χ0n) is 15.2. The van der Waals surface area contributed by atoms with Gasteiger partial charge >= 0.3 is 13.1 Å². The first-order valence-corrected chi connectivity index (χ1v) is 8.70. The zero-order chi connectivity index (χ0) is 17.5. The van der Waals surface area contributed by atoms with Crippen LogP contribution < -0.4 is 5.46 Å². The highest BCUT2D eigenvalue weighted by molar-refractivity contribution is 6.63. The van der Waals surface area contributed by atoms with E-state index >= 15 is 0 Å². The summed E-state index contributed by atoms with van der Waals surface area (Å²) < 4.78 is 17.1. The Morgan fingerprint density at radius 2 is 1.75 bits per heavy atom. The molecule has 130 valence electrons. The first-order chi connectivity index (χ1) is 11.2. The van der Waals surface area contributed by atoms with E-state index in [9.17, 15) is 4.79 Å². The minimum absolute atomic E-state index is 0.306. The van der Waals surface area contributed by atoms with Crippen molar-refractivity contribution < 1.29 is 18.8 Å². The molecular weight excluding hydrogens is 305 g/mol. The lowest BCUT2D eigenvalue weighted by molar-refractivity contribution is 0.00578. The number of hydrogen-bond acceptors (Lipinski definition) is 5. The monoisotopic (exact) mass is 331 g/mol. The van der Waals surface area contributed by atoms with Crippen LogP contribution in [-0.4, -0.2) is 36.4 Å². The highest BCUT2D eigenvalue weighted by Crippen LogP contribution is 2.37. The molecule has 0 aromatic carbocycles. The largest absolute Gasteiger partial charge is 0.497 e. The smallest absolute Gasteiger partial charge is 0.464 e. The van der Waals surface area contributed by atoms with Crippen molar-refractivity contribution in [2.45, 2.75) is 70.5 Å². The second-order valence-electron chi connectivity index (χ2n) is 7.74. The van der Waals surface area contributed by atoms with Gasteiger partial charge in [0.05, 0.1) is 18.3 Å². The fraction of sp³-hybridized carbons (Fsp3) is 0.667. The van der Waals surface area contributed by atoms with Gasteiger partial charge in [0.25, 0.3) is 0 Å².